The molecule has 5 nitrogen and oxygen atoms in total. The number of halogens is 1. The molecule has 2 aromatic rings. The van der Waals surface area contributed by atoms with E-state index in [1.165, 1.54) is 17.1 Å². The molecule has 0 atom stereocenters. The maximum atomic E-state index is 11.8. The molecule has 122 valence electrons. The third-order valence-electron chi connectivity index (χ3n) is 2.76. The van der Waals surface area contributed by atoms with E-state index in [1.54, 1.807) is 29.2 Å². The lowest BCUT2D eigenvalue weighted by Crippen LogP contribution is -2.38. The van der Waals surface area contributed by atoms with E-state index >= 15 is 0 Å². The largest absolute Gasteiger partial charge is 0.354 e. The van der Waals surface area contributed by atoms with Gasteiger partial charge in [-0.25, -0.2) is 0 Å². The SMILES string of the molecule is O=C(CNC(=O)c1cc(Cl)ccn1)NCCSCc1cccs1. The lowest BCUT2D eigenvalue weighted by Gasteiger charge is -2.06. The zero-order valence-electron chi connectivity index (χ0n) is 12.3. The van der Waals surface area contributed by atoms with E-state index in [0.717, 1.165) is 11.5 Å². The summed E-state index contributed by atoms with van der Waals surface area (Å²) in [7, 11) is 0. The van der Waals surface area contributed by atoms with Gasteiger partial charge in [-0.3, -0.25) is 14.6 Å². The monoisotopic (exact) mass is 369 g/mol. The molecule has 0 spiro atoms. The minimum absolute atomic E-state index is 0.0807. The Kier molecular flexibility index (Phi) is 7.38. The molecule has 8 heteroatoms. The van der Waals surface area contributed by atoms with E-state index in [0.29, 0.717) is 11.6 Å². The highest BCUT2D eigenvalue weighted by Gasteiger charge is 2.09. The fraction of sp³-hybridized carbons (Fsp3) is 0.267. The molecule has 2 N–H and O–H groups in total. The number of aromatic nitrogens is 1. The van der Waals surface area contributed by atoms with Crippen LogP contribution in [0.15, 0.2) is 35.8 Å². The molecule has 2 amide bonds. The predicted molar refractivity (Wildman–Crippen MR) is 95.1 cm³/mol. The summed E-state index contributed by atoms with van der Waals surface area (Å²) in [5.41, 5.74) is 0.191. The Hall–Kier alpha value is -1.57. The summed E-state index contributed by atoms with van der Waals surface area (Å²) in [6.45, 7) is 0.489. The van der Waals surface area contributed by atoms with Crippen LogP contribution in [0.3, 0.4) is 0 Å². The second-order valence-corrected chi connectivity index (χ2v) is 7.10. The van der Waals surface area contributed by atoms with Crippen LogP contribution in [0.2, 0.25) is 5.02 Å². The highest BCUT2D eigenvalue weighted by atomic mass is 35.5. The van der Waals surface area contributed by atoms with Gasteiger partial charge in [0.05, 0.1) is 6.54 Å². The Morgan fingerprint density at radius 2 is 2.17 bits per heavy atom. The van der Waals surface area contributed by atoms with Crippen LogP contribution in [0, 0.1) is 0 Å². The van der Waals surface area contributed by atoms with Crippen LogP contribution < -0.4 is 10.6 Å². The summed E-state index contributed by atoms with van der Waals surface area (Å²) in [5, 5.41) is 7.75. The molecule has 0 radical (unpaired) electrons. The quantitative estimate of drug-likeness (QED) is 0.701. The molecule has 0 aromatic carbocycles. The van der Waals surface area contributed by atoms with Gasteiger partial charge in [-0.2, -0.15) is 11.8 Å². The predicted octanol–water partition coefficient (Wildman–Crippen LogP) is 2.58. The van der Waals surface area contributed by atoms with Crippen molar-refractivity contribution < 1.29 is 9.59 Å². The first kappa shape index (κ1) is 17.8. The average molecular weight is 370 g/mol. The fourth-order valence-electron chi connectivity index (χ4n) is 1.67. The van der Waals surface area contributed by atoms with E-state index < -0.39 is 5.91 Å². The van der Waals surface area contributed by atoms with Crippen molar-refractivity contribution in [2.24, 2.45) is 0 Å². The number of hydrogen-bond donors (Lipinski definition) is 2. The summed E-state index contributed by atoms with van der Waals surface area (Å²) in [5.74, 6) is 1.13. The van der Waals surface area contributed by atoms with E-state index in [2.05, 4.69) is 27.1 Å². The van der Waals surface area contributed by atoms with Gasteiger partial charge in [-0.15, -0.1) is 11.3 Å². The van der Waals surface area contributed by atoms with Crippen LogP contribution in [0.5, 0.6) is 0 Å². The van der Waals surface area contributed by atoms with Crippen molar-refractivity contribution in [3.8, 4) is 0 Å². The summed E-state index contributed by atoms with van der Waals surface area (Å²) in [6, 6.07) is 7.16. The molecule has 0 saturated heterocycles. The number of nitrogens with zero attached hydrogens (tertiary/aromatic N) is 1. The molecule has 0 fully saturated rings. The van der Waals surface area contributed by atoms with Gasteiger partial charge in [0, 0.05) is 34.1 Å². The maximum Gasteiger partial charge on any atom is 0.270 e. The molecule has 23 heavy (non-hydrogen) atoms. The minimum atomic E-state index is -0.422. The van der Waals surface area contributed by atoms with Crippen molar-refractivity contribution in [2.45, 2.75) is 5.75 Å². The van der Waals surface area contributed by atoms with E-state index in [9.17, 15) is 9.59 Å². The van der Waals surface area contributed by atoms with Crippen molar-refractivity contribution in [1.29, 1.82) is 0 Å². The topological polar surface area (TPSA) is 71.1 Å². The zero-order chi connectivity index (χ0) is 16.5. The van der Waals surface area contributed by atoms with Crippen molar-refractivity contribution in [2.75, 3.05) is 18.8 Å². The lowest BCUT2D eigenvalue weighted by molar-refractivity contribution is -0.120. The van der Waals surface area contributed by atoms with E-state index in [-0.39, 0.29) is 18.1 Å². The Morgan fingerprint density at radius 3 is 2.91 bits per heavy atom. The molecule has 0 saturated carbocycles. The molecule has 0 aliphatic rings. The second-order valence-electron chi connectivity index (χ2n) is 4.52. The molecule has 0 aliphatic heterocycles. The molecule has 2 rings (SSSR count). The number of pyridine rings is 1. The standard InChI is InChI=1S/C15H16ClN3O2S2/c16-11-3-4-17-13(8-11)15(21)19-9-14(20)18-5-7-22-10-12-2-1-6-23-12/h1-4,6,8H,5,7,9-10H2,(H,18,20)(H,19,21). The number of thioether (sulfide) groups is 1. The Labute approximate surface area is 147 Å². The summed E-state index contributed by atoms with van der Waals surface area (Å²) < 4.78 is 0. The number of hydrogen-bond acceptors (Lipinski definition) is 5. The van der Waals surface area contributed by atoms with Gasteiger partial charge in [-0.05, 0) is 23.6 Å². The van der Waals surface area contributed by atoms with Gasteiger partial charge >= 0.3 is 0 Å². The van der Waals surface area contributed by atoms with Gasteiger partial charge < -0.3 is 10.6 Å². The maximum absolute atomic E-state index is 11.8. The van der Waals surface area contributed by atoms with Gasteiger partial charge in [0.2, 0.25) is 5.91 Å². The molecular formula is C15H16ClN3O2S2. The number of amides is 2. The first-order valence-corrected chi connectivity index (χ1v) is 9.33. The Balaban J connectivity index is 1.58. The van der Waals surface area contributed by atoms with Crippen LogP contribution in [-0.2, 0) is 10.5 Å². The fourth-order valence-corrected chi connectivity index (χ4v) is 3.53. The van der Waals surface area contributed by atoms with Crippen LogP contribution in [-0.4, -0.2) is 35.6 Å². The summed E-state index contributed by atoms with van der Waals surface area (Å²) >= 11 is 9.27. The molecule has 2 aromatic heterocycles. The van der Waals surface area contributed by atoms with Crippen LogP contribution in [0.1, 0.15) is 15.4 Å². The first-order chi connectivity index (χ1) is 11.1. The Bertz CT molecular complexity index is 650. The number of thiophene rings is 1. The zero-order valence-corrected chi connectivity index (χ0v) is 14.6. The summed E-state index contributed by atoms with van der Waals surface area (Å²) in [4.78, 5) is 28.7. The lowest BCUT2D eigenvalue weighted by atomic mass is 10.3. The number of carbonyl (C=O) groups is 2. The second kappa shape index (κ2) is 9.54. The van der Waals surface area contributed by atoms with Crippen molar-refractivity contribution in [1.82, 2.24) is 15.6 Å². The van der Waals surface area contributed by atoms with Crippen molar-refractivity contribution >= 4 is 46.5 Å². The molecule has 0 aliphatic carbocycles. The van der Waals surface area contributed by atoms with Crippen LogP contribution in [0.25, 0.3) is 0 Å². The molecular weight excluding hydrogens is 354 g/mol. The molecule has 0 bridgehead atoms. The molecule has 0 unspecified atom stereocenters. The van der Waals surface area contributed by atoms with Gasteiger partial charge in [0.1, 0.15) is 5.69 Å². The molecule has 2 heterocycles. The van der Waals surface area contributed by atoms with Crippen LogP contribution in [0.4, 0.5) is 0 Å². The van der Waals surface area contributed by atoms with E-state index in [4.69, 9.17) is 11.6 Å². The number of carbonyl (C=O) groups excluding carboxylic acids is 2. The number of nitrogens with one attached hydrogen (secondary N) is 2. The van der Waals surface area contributed by atoms with Gasteiger partial charge in [-0.1, -0.05) is 17.7 Å². The van der Waals surface area contributed by atoms with Crippen molar-refractivity contribution in [3.05, 3.63) is 51.4 Å². The average Bonchev–Trinajstić information content (AvgIpc) is 3.05. The first-order valence-electron chi connectivity index (χ1n) is 6.92. The number of rotatable bonds is 8. The smallest absolute Gasteiger partial charge is 0.270 e. The minimum Gasteiger partial charge on any atom is -0.354 e. The van der Waals surface area contributed by atoms with E-state index in [1.807, 2.05) is 6.07 Å². The van der Waals surface area contributed by atoms with Gasteiger partial charge in [0.15, 0.2) is 0 Å². The third-order valence-corrected chi connectivity index (χ3v) is 5.06. The van der Waals surface area contributed by atoms with Crippen LogP contribution >= 0.6 is 34.7 Å². The highest BCUT2D eigenvalue weighted by Crippen LogP contribution is 2.16. The van der Waals surface area contributed by atoms with Crippen molar-refractivity contribution in [3.63, 3.8) is 0 Å². The third kappa shape index (κ3) is 6.60. The Morgan fingerprint density at radius 1 is 1.30 bits per heavy atom. The highest BCUT2D eigenvalue weighted by molar-refractivity contribution is 7.98. The summed E-state index contributed by atoms with van der Waals surface area (Å²) in [6.07, 6.45) is 1.45. The normalized spacial score (nSPS) is 10.3. The van der Waals surface area contributed by atoms with Gasteiger partial charge in [0.25, 0.3) is 5.91 Å².